The van der Waals surface area contributed by atoms with Gasteiger partial charge in [-0.15, -0.1) is 0 Å². The smallest absolute Gasteiger partial charge is 0.279 e. The number of rotatable bonds is 7. The zero-order valence-corrected chi connectivity index (χ0v) is 17.5. The molecule has 0 saturated heterocycles. The fourth-order valence-corrected chi connectivity index (χ4v) is 3.93. The van der Waals surface area contributed by atoms with Gasteiger partial charge in [-0.25, -0.2) is 12.8 Å². The van der Waals surface area contributed by atoms with Crippen LogP contribution in [0.4, 0.5) is 21.5 Å². The summed E-state index contributed by atoms with van der Waals surface area (Å²) in [6.45, 7) is 3.65. The number of nitro benzene ring substituents is 1. The average molecular weight is 442 g/mol. The van der Waals surface area contributed by atoms with Gasteiger partial charge in [-0.2, -0.15) is 5.10 Å². The summed E-state index contributed by atoms with van der Waals surface area (Å²) in [5.41, 5.74) is 4.74. The predicted molar refractivity (Wildman–Crippen MR) is 117 cm³/mol. The zero-order valence-electron chi connectivity index (χ0n) is 16.7. The molecule has 31 heavy (non-hydrogen) atoms. The molecule has 0 saturated carbocycles. The van der Waals surface area contributed by atoms with Gasteiger partial charge in [0.05, 0.1) is 21.7 Å². The SMILES string of the molecule is Cc1ccc(NS(=O)(=O)c2ccc(N/N=C\c3ccc(F)cc3)c([N+](=O)[O-])c2)c(C)c1. The molecule has 10 heteroatoms. The van der Waals surface area contributed by atoms with Crippen LogP contribution in [0.3, 0.4) is 0 Å². The molecule has 0 bridgehead atoms. The number of benzene rings is 3. The van der Waals surface area contributed by atoms with Gasteiger partial charge in [-0.1, -0.05) is 29.8 Å². The number of anilines is 2. The van der Waals surface area contributed by atoms with E-state index in [0.29, 0.717) is 11.3 Å². The van der Waals surface area contributed by atoms with Gasteiger partial charge in [0.2, 0.25) is 0 Å². The molecule has 0 radical (unpaired) electrons. The maximum absolute atomic E-state index is 12.9. The molecule has 3 rings (SSSR count). The molecule has 0 unspecified atom stereocenters. The quantitative estimate of drug-likeness (QED) is 0.315. The molecule has 160 valence electrons. The molecule has 0 aliphatic heterocycles. The van der Waals surface area contributed by atoms with Crippen LogP contribution >= 0.6 is 0 Å². The lowest BCUT2D eigenvalue weighted by molar-refractivity contribution is -0.384. The number of nitrogens with zero attached hydrogens (tertiary/aromatic N) is 2. The summed E-state index contributed by atoms with van der Waals surface area (Å²) in [6, 6.07) is 14.2. The van der Waals surface area contributed by atoms with Crippen molar-refractivity contribution < 1.29 is 17.7 Å². The van der Waals surface area contributed by atoms with Crippen LogP contribution in [0.5, 0.6) is 0 Å². The lowest BCUT2D eigenvalue weighted by Gasteiger charge is -2.12. The number of nitro groups is 1. The van der Waals surface area contributed by atoms with Gasteiger partial charge >= 0.3 is 0 Å². The fraction of sp³-hybridized carbons (Fsp3) is 0.0952. The summed E-state index contributed by atoms with van der Waals surface area (Å²) < 4.78 is 40.9. The monoisotopic (exact) mass is 442 g/mol. The van der Waals surface area contributed by atoms with E-state index in [9.17, 15) is 22.9 Å². The number of hydrazone groups is 1. The van der Waals surface area contributed by atoms with E-state index in [0.717, 1.165) is 17.2 Å². The van der Waals surface area contributed by atoms with Gasteiger partial charge in [0.1, 0.15) is 11.5 Å². The van der Waals surface area contributed by atoms with E-state index in [1.165, 1.54) is 42.6 Å². The van der Waals surface area contributed by atoms with Crippen LogP contribution in [-0.4, -0.2) is 19.6 Å². The molecule has 0 aliphatic carbocycles. The standard InChI is InChI=1S/C21H19FN4O4S/c1-14-3-9-19(15(2)11-14)25-31(29,30)18-8-10-20(21(12-18)26(27)28)24-23-13-16-4-6-17(22)7-5-16/h3-13,24-25H,1-2H3/b23-13-. The third kappa shape index (κ3) is 5.43. The molecule has 0 amide bonds. The Labute approximate surface area is 178 Å². The van der Waals surface area contributed by atoms with Crippen molar-refractivity contribution in [3.63, 3.8) is 0 Å². The summed E-state index contributed by atoms with van der Waals surface area (Å²) in [4.78, 5) is 10.5. The Hall–Kier alpha value is -3.79. The van der Waals surface area contributed by atoms with Crippen LogP contribution in [-0.2, 0) is 10.0 Å². The Morgan fingerprint density at radius 1 is 1.00 bits per heavy atom. The van der Waals surface area contributed by atoms with Gasteiger partial charge in [-0.05, 0) is 55.3 Å². The highest BCUT2D eigenvalue weighted by atomic mass is 32.2. The highest BCUT2D eigenvalue weighted by Crippen LogP contribution is 2.29. The molecular weight excluding hydrogens is 423 g/mol. The van der Waals surface area contributed by atoms with E-state index in [1.54, 1.807) is 19.1 Å². The van der Waals surface area contributed by atoms with Crippen molar-refractivity contribution >= 4 is 33.3 Å². The second-order valence-corrected chi connectivity index (χ2v) is 8.46. The second kappa shape index (κ2) is 8.92. The number of hydrogen-bond donors (Lipinski definition) is 2. The van der Waals surface area contributed by atoms with Crippen LogP contribution in [0.25, 0.3) is 0 Å². The summed E-state index contributed by atoms with van der Waals surface area (Å²) in [5, 5.41) is 15.4. The molecule has 0 fully saturated rings. The molecule has 3 aromatic rings. The molecule has 2 N–H and O–H groups in total. The number of hydrogen-bond acceptors (Lipinski definition) is 6. The van der Waals surface area contributed by atoms with Gasteiger partial charge in [-0.3, -0.25) is 20.3 Å². The molecule has 8 nitrogen and oxygen atoms in total. The molecular formula is C21H19FN4O4S. The Kier molecular flexibility index (Phi) is 6.30. The van der Waals surface area contributed by atoms with E-state index in [1.807, 2.05) is 13.0 Å². The minimum atomic E-state index is -4.05. The van der Waals surface area contributed by atoms with E-state index < -0.39 is 26.5 Å². The minimum absolute atomic E-state index is 0.00817. The Bertz CT molecular complexity index is 1260. The van der Waals surface area contributed by atoms with Gasteiger partial charge in [0.15, 0.2) is 0 Å². The van der Waals surface area contributed by atoms with Crippen LogP contribution in [0.2, 0.25) is 0 Å². The van der Waals surface area contributed by atoms with Crippen LogP contribution < -0.4 is 10.1 Å². The topological polar surface area (TPSA) is 114 Å². The average Bonchev–Trinajstić information content (AvgIpc) is 2.71. The Morgan fingerprint density at radius 2 is 1.68 bits per heavy atom. The third-order valence-corrected chi connectivity index (χ3v) is 5.73. The maximum Gasteiger partial charge on any atom is 0.295 e. The van der Waals surface area contributed by atoms with Crippen molar-refractivity contribution in [3.8, 4) is 0 Å². The fourth-order valence-electron chi connectivity index (χ4n) is 2.78. The Balaban J connectivity index is 1.85. The summed E-state index contributed by atoms with van der Waals surface area (Å²) in [7, 11) is -4.05. The predicted octanol–water partition coefficient (Wildman–Crippen LogP) is 4.60. The lowest BCUT2D eigenvalue weighted by atomic mass is 10.1. The first kappa shape index (κ1) is 21.9. The normalized spacial score (nSPS) is 11.5. The highest BCUT2D eigenvalue weighted by Gasteiger charge is 2.22. The van der Waals surface area contributed by atoms with E-state index >= 15 is 0 Å². The largest absolute Gasteiger partial charge is 0.295 e. The first-order valence-corrected chi connectivity index (χ1v) is 10.6. The second-order valence-electron chi connectivity index (χ2n) is 6.78. The van der Waals surface area contributed by atoms with Crippen LogP contribution in [0.1, 0.15) is 16.7 Å². The first-order valence-electron chi connectivity index (χ1n) is 9.09. The molecule has 0 aliphatic rings. The van der Waals surface area contributed by atoms with Crippen molar-refractivity contribution in [2.45, 2.75) is 18.7 Å². The summed E-state index contributed by atoms with van der Waals surface area (Å²) in [5.74, 6) is -0.396. The van der Waals surface area contributed by atoms with Crippen LogP contribution in [0, 0.1) is 29.8 Å². The van der Waals surface area contributed by atoms with Gasteiger partial charge < -0.3 is 0 Å². The molecule has 0 aromatic heterocycles. The number of aryl methyl sites for hydroxylation is 2. The maximum atomic E-state index is 12.9. The molecule has 0 spiro atoms. The van der Waals surface area contributed by atoms with E-state index in [-0.39, 0.29) is 10.6 Å². The van der Waals surface area contributed by atoms with Crippen molar-refractivity contribution in [1.29, 1.82) is 0 Å². The minimum Gasteiger partial charge on any atom is -0.279 e. The van der Waals surface area contributed by atoms with E-state index in [2.05, 4.69) is 15.2 Å². The number of halogens is 1. The summed E-state index contributed by atoms with van der Waals surface area (Å²) in [6.07, 6.45) is 1.36. The van der Waals surface area contributed by atoms with Crippen molar-refractivity contribution in [1.82, 2.24) is 0 Å². The van der Waals surface area contributed by atoms with E-state index in [4.69, 9.17) is 0 Å². The number of sulfonamides is 1. The van der Waals surface area contributed by atoms with Crippen molar-refractivity contribution in [3.05, 3.63) is 93.3 Å². The third-order valence-electron chi connectivity index (χ3n) is 4.37. The zero-order chi connectivity index (χ0) is 22.6. The Morgan fingerprint density at radius 3 is 2.32 bits per heavy atom. The number of nitrogens with one attached hydrogen (secondary N) is 2. The highest BCUT2D eigenvalue weighted by molar-refractivity contribution is 7.92. The van der Waals surface area contributed by atoms with Crippen LogP contribution in [0.15, 0.2) is 70.7 Å². The first-order chi connectivity index (χ1) is 14.7. The molecule has 0 atom stereocenters. The lowest BCUT2D eigenvalue weighted by Crippen LogP contribution is -2.14. The molecule has 0 heterocycles. The van der Waals surface area contributed by atoms with Gasteiger partial charge in [0, 0.05) is 6.07 Å². The van der Waals surface area contributed by atoms with Crippen molar-refractivity contribution in [2.75, 3.05) is 10.1 Å². The molecule has 3 aromatic carbocycles. The van der Waals surface area contributed by atoms with Gasteiger partial charge in [0.25, 0.3) is 15.7 Å². The summed E-state index contributed by atoms with van der Waals surface area (Å²) >= 11 is 0. The van der Waals surface area contributed by atoms with Crippen molar-refractivity contribution in [2.24, 2.45) is 5.10 Å².